The van der Waals surface area contributed by atoms with Gasteiger partial charge in [-0.25, -0.2) is 19.6 Å². The van der Waals surface area contributed by atoms with Crippen LogP contribution in [0.3, 0.4) is 0 Å². The summed E-state index contributed by atoms with van der Waals surface area (Å²) in [6, 6.07) is 8.70. The summed E-state index contributed by atoms with van der Waals surface area (Å²) in [4.78, 5) is 32.9. The minimum Gasteiger partial charge on any atom is -0.493 e. The number of amides is 1. The molecule has 4 aromatic heterocycles. The van der Waals surface area contributed by atoms with Gasteiger partial charge in [0.05, 0.1) is 44.9 Å². The Morgan fingerprint density at radius 1 is 0.953 bits per heavy atom. The largest absolute Gasteiger partial charge is 0.493 e. The van der Waals surface area contributed by atoms with Crippen LogP contribution in [0.15, 0.2) is 61.4 Å². The fourth-order valence-electron chi connectivity index (χ4n) is 4.90. The zero-order chi connectivity index (χ0) is 29.8. The van der Waals surface area contributed by atoms with E-state index in [0.717, 1.165) is 37.1 Å². The van der Waals surface area contributed by atoms with Crippen LogP contribution in [-0.2, 0) is 0 Å². The molecule has 0 aliphatic carbocycles. The Bertz CT molecular complexity index is 1750. The first-order chi connectivity index (χ1) is 21.1. The standard InChI is InChI=1S/C30H30N8O5/c1-4-42-26-17-38(22-16-31-18-34-29(22)37-11-5-6-12-37)36-28(26)30(39)35-27-8-7-19(15-33-27)43-23-9-10-32-21-14-25(41-3)24(40-2)13-20(21)23/h7-10,13-18H,4-6,11-12H2,1-3H3,(H,33,35,39). The normalized spacial score (nSPS) is 12.8. The highest BCUT2D eigenvalue weighted by molar-refractivity contribution is 6.04. The van der Waals surface area contributed by atoms with Crippen molar-refractivity contribution in [3.63, 3.8) is 0 Å². The third kappa shape index (κ3) is 5.69. The lowest BCUT2D eigenvalue weighted by Gasteiger charge is -2.18. The Balaban J connectivity index is 1.21. The molecule has 6 rings (SSSR count). The van der Waals surface area contributed by atoms with Crippen molar-refractivity contribution in [1.29, 1.82) is 0 Å². The number of nitrogens with zero attached hydrogens (tertiary/aromatic N) is 7. The van der Waals surface area contributed by atoms with E-state index >= 15 is 0 Å². The Morgan fingerprint density at radius 3 is 2.51 bits per heavy atom. The van der Waals surface area contributed by atoms with Gasteiger partial charge in [0.15, 0.2) is 28.8 Å². The summed E-state index contributed by atoms with van der Waals surface area (Å²) >= 11 is 0. The van der Waals surface area contributed by atoms with Gasteiger partial charge in [0.2, 0.25) is 0 Å². The number of benzene rings is 1. The molecule has 0 atom stereocenters. The van der Waals surface area contributed by atoms with Gasteiger partial charge in [-0.2, -0.15) is 5.10 Å². The Kier molecular flexibility index (Phi) is 7.85. The fourth-order valence-corrected chi connectivity index (χ4v) is 4.90. The molecule has 1 saturated heterocycles. The zero-order valence-electron chi connectivity index (χ0n) is 24.0. The van der Waals surface area contributed by atoms with Crippen molar-refractivity contribution in [1.82, 2.24) is 29.7 Å². The Hall–Kier alpha value is -5.46. The molecule has 1 aliphatic heterocycles. The van der Waals surface area contributed by atoms with Crippen LogP contribution in [0.4, 0.5) is 11.6 Å². The van der Waals surface area contributed by atoms with Crippen LogP contribution in [0.25, 0.3) is 16.6 Å². The minimum absolute atomic E-state index is 0.118. The second-order valence-electron chi connectivity index (χ2n) is 9.61. The van der Waals surface area contributed by atoms with Crippen molar-refractivity contribution in [2.45, 2.75) is 19.8 Å². The molecule has 0 bridgehead atoms. The second kappa shape index (κ2) is 12.2. The first-order valence-electron chi connectivity index (χ1n) is 13.8. The van der Waals surface area contributed by atoms with Gasteiger partial charge in [0.1, 0.15) is 29.3 Å². The van der Waals surface area contributed by atoms with Crippen molar-refractivity contribution in [3.8, 4) is 34.4 Å². The smallest absolute Gasteiger partial charge is 0.281 e. The van der Waals surface area contributed by atoms with Gasteiger partial charge in [0, 0.05) is 30.7 Å². The summed E-state index contributed by atoms with van der Waals surface area (Å²) < 4.78 is 24.3. The topological polar surface area (TPSA) is 139 Å². The molecule has 13 heteroatoms. The van der Waals surface area contributed by atoms with Crippen LogP contribution in [0.1, 0.15) is 30.3 Å². The number of nitrogens with one attached hydrogen (secondary N) is 1. The molecule has 220 valence electrons. The van der Waals surface area contributed by atoms with E-state index in [1.54, 1.807) is 61.8 Å². The molecular weight excluding hydrogens is 552 g/mol. The van der Waals surface area contributed by atoms with E-state index in [1.807, 2.05) is 13.0 Å². The fraction of sp³-hybridized carbons (Fsp3) is 0.267. The number of hydrogen-bond acceptors (Lipinski definition) is 11. The molecule has 1 aromatic carbocycles. The lowest BCUT2D eigenvalue weighted by molar-refractivity contribution is 0.101. The predicted molar refractivity (Wildman–Crippen MR) is 159 cm³/mol. The molecule has 0 unspecified atom stereocenters. The van der Waals surface area contributed by atoms with Crippen LogP contribution < -0.4 is 29.2 Å². The Morgan fingerprint density at radius 2 is 1.77 bits per heavy atom. The summed E-state index contributed by atoms with van der Waals surface area (Å²) in [7, 11) is 3.14. The summed E-state index contributed by atoms with van der Waals surface area (Å²) in [5.41, 5.74) is 1.47. The van der Waals surface area contributed by atoms with Gasteiger partial charge in [-0.1, -0.05) is 0 Å². The molecule has 0 radical (unpaired) electrons. The van der Waals surface area contributed by atoms with E-state index in [9.17, 15) is 4.79 Å². The SMILES string of the molecule is CCOc1cn(-c2cncnc2N2CCCC2)nc1C(=O)Nc1ccc(Oc2ccnc3cc(OC)c(OC)cc23)cn1. The van der Waals surface area contributed by atoms with Gasteiger partial charge in [0.25, 0.3) is 5.91 Å². The third-order valence-electron chi connectivity index (χ3n) is 6.93. The van der Waals surface area contributed by atoms with Gasteiger partial charge >= 0.3 is 0 Å². The lowest BCUT2D eigenvalue weighted by atomic mass is 10.2. The van der Waals surface area contributed by atoms with Crippen molar-refractivity contribution in [3.05, 3.63) is 67.1 Å². The highest BCUT2D eigenvalue weighted by Gasteiger charge is 2.23. The molecule has 5 aromatic rings. The minimum atomic E-state index is -0.468. The molecule has 1 N–H and O–H groups in total. The van der Waals surface area contributed by atoms with Gasteiger partial charge in [-0.15, -0.1) is 0 Å². The molecule has 0 spiro atoms. The molecule has 1 aliphatic rings. The number of anilines is 2. The maximum absolute atomic E-state index is 13.3. The zero-order valence-corrected chi connectivity index (χ0v) is 24.0. The highest BCUT2D eigenvalue weighted by atomic mass is 16.5. The molecule has 13 nitrogen and oxygen atoms in total. The van der Waals surface area contributed by atoms with E-state index in [4.69, 9.17) is 18.9 Å². The predicted octanol–water partition coefficient (Wildman–Crippen LogP) is 4.67. The number of hydrogen-bond donors (Lipinski definition) is 1. The second-order valence-corrected chi connectivity index (χ2v) is 9.61. The number of carbonyl (C=O) groups is 1. The van der Waals surface area contributed by atoms with E-state index in [2.05, 4.69) is 35.3 Å². The summed E-state index contributed by atoms with van der Waals surface area (Å²) in [6.07, 6.45) is 10.2. The van der Waals surface area contributed by atoms with Crippen LogP contribution in [0, 0.1) is 0 Å². The van der Waals surface area contributed by atoms with Crippen LogP contribution >= 0.6 is 0 Å². The van der Waals surface area contributed by atoms with Crippen molar-refractivity contribution >= 4 is 28.4 Å². The summed E-state index contributed by atoms with van der Waals surface area (Å²) in [6.45, 7) is 4.02. The average molecular weight is 583 g/mol. The molecule has 1 fully saturated rings. The number of ether oxygens (including phenoxy) is 4. The van der Waals surface area contributed by atoms with E-state index < -0.39 is 5.91 Å². The number of fused-ring (bicyclic) bond motifs is 1. The molecule has 43 heavy (non-hydrogen) atoms. The van der Waals surface area contributed by atoms with Crippen molar-refractivity contribution < 1.29 is 23.7 Å². The maximum Gasteiger partial charge on any atom is 0.281 e. The number of aromatic nitrogens is 6. The van der Waals surface area contributed by atoms with Gasteiger partial charge in [-0.3, -0.25) is 9.78 Å². The highest BCUT2D eigenvalue weighted by Crippen LogP contribution is 2.37. The maximum atomic E-state index is 13.3. The van der Waals surface area contributed by atoms with Crippen LogP contribution in [0.5, 0.6) is 28.7 Å². The number of pyridine rings is 2. The van der Waals surface area contributed by atoms with Crippen molar-refractivity contribution in [2.75, 3.05) is 44.1 Å². The number of methoxy groups -OCH3 is 2. The van der Waals surface area contributed by atoms with Crippen LogP contribution in [0.2, 0.25) is 0 Å². The number of rotatable bonds is 10. The molecule has 1 amide bonds. The number of carbonyl (C=O) groups excluding carboxylic acids is 1. The quantitative estimate of drug-likeness (QED) is 0.246. The molecular formula is C30H30N8O5. The van der Waals surface area contributed by atoms with E-state index in [-0.39, 0.29) is 5.69 Å². The first kappa shape index (κ1) is 27.7. The monoisotopic (exact) mass is 582 g/mol. The van der Waals surface area contributed by atoms with E-state index in [1.165, 1.54) is 12.5 Å². The third-order valence-corrected chi connectivity index (χ3v) is 6.93. The van der Waals surface area contributed by atoms with Gasteiger partial charge < -0.3 is 29.2 Å². The molecule has 5 heterocycles. The summed E-state index contributed by atoms with van der Waals surface area (Å²) in [5, 5.41) is 8.09. The summed E-state index contributed by atoms with van der Waals surface area (Å²) in [5.74, 6) is 3.13. The van der Waals surface area contributed by atoms with Crippen molar-refractivity contribution in [2.24, 2.45) is 0 Å². The first-order valence-corrected chi connectivity index (χ1v) is 13.8. The average Bonchev–Trinajstić information content (AvgIpc) is 3.73. The molecule has 0 saturated carbocycles. The van der Waals surface area contributed by atoms with Gasteiger partial charge in [-0.05, 0) is 44.0 Å². The van der Waals surface area contributed by atoms with E-state index in [0.29, 0.717) is 52.4 Å². The lowest BCUT2D eigenvalue weighted by Crippen LogP contribution is -2.21. The Labute approximate surface area is 247 Å². The van der Waals surface area contributed by atoms with Crippen LogP contribution in [-0.4, -0.2) is 69.5 Å².